The zero-order valence-electron chi connectivity index (χ0n) is 14.5. The topological polar surface area (TPSA) is 59.8 Å². The first-order chi connectivity index (χ1) is 12.1. The Hall–Kier alpha value is -2.18. The molecule has 1 saturated heterocycles. The van der Waals surface area contributed by atoms with Gasteiger partial charge in [0.15, 0.2) is 6.54 Å². The Bertz CT molecular complexity index is 758. The van der Waals surface area contributed by atoms with Crippen molar-refractivity contribution in [2.45, 2.75) is 25.8 Å². The minimum atomic E-state index is -0.404. The van der Waals surface area contributed by atoms with Gasteiger partial charge in [0, 0.05) is 18.5 Å². The van der Waals surface area contributed by atoms with Gasteiger partial charge in [0.05, 0.1) is 24.1 Å². The molecule has 2 atom stereocenters. The van der Waals surface area contributed by atoms with Crippen LogP contribution in [0.1, 0.15) is 39.7 Å². The van der Waals surface area contributed by atoms with E-state index in [1.807, 2.05) is 13.0 Å². The minimum absolute atomic E-state index is 0.0245. The number of nitrogens with one attached hydrogen (secondary N) is 2. The van der Waals surface area contributed by atoms with E-state index in [-0.39, 0.29) is 5.91 Å². The van der Waals surface area contributed by atoms with Crippen molar-refractivity contribution in [3.05, 3.63) is 51.7 Å². The molecule has 0 radical (unpaired) electrons. The van der Waals surface area contributed by atoms with Crippen LogP contribution >= 0.6 is 11.3 Å². The molecule has 0 spiro atoms. The first-order valence-electron chi connectivity index (χ1n) is 8.45. The van der Waals surface area contributed by atoms with E-state index in [0.717, 1.165) is 24.9 Å². The molecule has 1 aromatic carbocycles. The number of hydrogen-bond donors (Lipinski definition) is 2. The van der Waals surface area contributed by atoms with Crippen LogP contribution in [0.4, 0.5) is 5.69 Å². The molecule has 0 bridgehead atoms. The van der Waals surface area contributed by atoms with Gasteiger partial charge in [0.1, 0.15) is 6.04 Å². The van der Waals surface area contributed by atoms with Gasteiger partial charge in [0.25, 0.3) is 5.91 Å². The van der Waals surface area contributed by atoms with Crippen molar-refractivity contribution in [1.82, 2.24) is 0 Å². The van der Waals surface area contributed by atoms with E-state index >= 15 is 0 Å². The summed E-state index contributed by atoms with van der Waals surface area (Å²) in [7, 11) is 1.35. The van der Waals surface area contributed by atoms with E-state index in [1.54, 1.807) is 23.5 Å². The molecule has 2 heterocycles. The van der Waals surface area contributed by atoms with Crippen molar-refractivity contribution >= 4 is 28.9 Å². The first-order valence-corrected chi connectivity index (χ1v) is 9.33. The summed E-state index contributed by atoms with van der Waals surface area (Å²) in [6.45, 7) is 3.36. The Morgan fingerprint density at radius 3 is 2.92 bits per heavy atom. The van der Waals surface area contributed by atoms with Gasteiger partial charge in [0.2, 0.25) is 0 Å². The van der Waals surface area contributed by atoms with Gasteiger partial charge in [-0.05, 0) is 36.1 Å². The standard InChI is InChI=1S/C19H22N2O3S/c1-13-7-8-14(19(23)24-2)11-15(13)20-18(22)12-21-9-3-5-16(21)17-6-4-10-25-17/h4,6-8,10-11,16H,3,5,9,12H2,1-2H3,(H,20,22)/p+1/t16-/m1/s1. The molecule has 25 heavy (non-hydrogen) atoms. The number of aryl methyl sites for hydroxylation is 1. The smallest absolute Gasteiger partial charge is 0.337 e. The Kier molecular flexibility index (Phi) is 5.50. The number of thiophene rings is 1. The lowest BCUT2D eigenvalue weighted by molar-refractivity contribution is -0.910. The Balaban J connectivity index is 1.67. The van der Waals surface area contributed by atoms with Gasteiger partial charge in [-0.15, -0.1) is 11.3 Å². The molecular weight excluding hydrogens is 336 g/mol. The van der Waals surface area contributed by atoms with Crippen molar-refractivity contribution < 1.29 is 19.2 Å². The number of rotatable bonds is 5. The predicted octanol–water partition coefficient (Wildman–Crippen LogP) is 2.20. The summed E-state index contributed by atoms with van der Waals surface area (Å²) in [5.41, 5.74) is 2.03. The number of esters is 1. The van der Waals surface area contributed by atoms with Crippen LogP contribution in [-0.4, -0.2) is 32.1 Å². The number of carbonyl (C=O) groups is 2. The van der Waals surface area contributed by atoms with Crippen LogP contribution in [0.5, 0.6) is 0 Å². The highest BCUT2D eigenvalue weighted by atomic mass is 32.1. The average Bonchev–Trinajstić information content (AvgIpc) is 3.27. The Labute approximate surface area is 151 Å². The molecule has 132 valence electrons. The quantitative estimate of drug-likeness (QED) is 0.805. The summed E-state index contributed by atoms with van der Waals surface area (Å²) in [5, 5.41) is 5.05. The van der Waals surface area contributed by atoms with E-state index < -0.39 is 5.97 Å². The second-order valence-corrected chi connectivity index (χ2v) is 7.34. The maximum atomic E-state index is 12.5. The van der Waals surface area contributed by atoms with E-state index in [9.17, 15) is 9.59 Å². The highest BCUT2D eigenvalue weighted by molar-refractivity contribution is 7.10. The number of likely N-dealkylation sites (tertiary alicyclic amines) is 1. The molecule has 1 unspecified atom stereocenters. The number of amides is 1. The van der Waals surface area contributed by atoms with Crippen LogP contribution < -0.4 is 10.2 Å². The summed E-state index contributed by atoms with van der Waals surface area (Å²) in [4.78, 5) is 26.9. The average molecular weight is 359 g/mol. The van der Waals surface area contributed by atoms with Gasteiger partial charge in [-0.2, -0.15) is 0 Å². The molecular formula is C19H23N2O3S+. The summed E-state index contributed by atoms with van der Waals surface area (Å²) in [6.07, 6.45) is 2.27. The molecule has 1 aliphatic rings. The van der Waals surface area contributed by atoms with Crippen molar-refractivity contribution in [1.29, 1.82) is 0 Å². The molecule has 1 fully saturated rings. The highest BCUT2D eigenvalue weighted by Crippen LogP contribution is 2.23. The van der Waals surface area contributed by atoms with Crippen molar-refractivity contribution in [3.8, 4) is 0 Å². The van der Waals surface area contributed by atoms with E-state index in [1.165, 1.54) is 16.9 Å². The van der Waals surface area contributed by atoms with Crippen LogP contribution in [0.15, 0.2) is 35.7 Å². The van der Waals surface area contributed by atoms with E-state index in [2.05, 4.69) is 22.8 Å². The van der Waals surface area contributed by atoms with Crippen LogP contribution in [0.2, 0.25) is 0 Å². The summed E-state index contributed by atoms with van der Waals surface area (Å²) in [6, 6.07) is 9.83. The summed E-state index contributed by atoms with van der Waals surface area (Å²) < 4.78 is 4.74. The van der Waals surface area contributed by atoms with Crippen LogP contribution in [0.25, 0.3) is 0 Å². The molecule has 0 aliphatic carbocycles. The van der Waals surface area contributed by atoms with Gasteiger partial charge in [-0.1, -0.05) is 12.1 Å². The second-order valence-electron chi connectivity index (χ2n) is 6.36. The third-order valence-electron chi connectivity index (χ3n) is 4.69. The fourth-order valence-electron chi connectivity index (χ4n) is 3.36. The van der Waals surface area contributed by atoms with Crippen molar-refractivity contribution in [2.75, 3.05) is 25.5 Å². The lowest BCUT2D eigenvalue weighted by atomic mass is 10.1. The number of benzene rings is 1. The number of ether oxygens (including phenoxy) is 1. The number of quaternary nitrogens is 1. The molecule has 1 aliphatic heterocycles. The number of hydrogen-bond acceptors (Lipinski definition) is 4. The zero-order chi connectivity index (χ0) is 17.8. The molecule has 1 aromatic heterocycles. The Morgan fingerprint density at radius 2 is 2.20 bits per heavy atom. The normalized spacial score (nSPS) is 19.6. The maximum absolute atomic E-state index is 12.5. The maximum Gasteiger partial charge on any atom is 0.337 e. The van der Waals surface area contributed by atoms with Crippen LogP contribution in [0, 0.1) is 6.92 Å². The van der Waals surface area contributed by atoms with Crippen LogP contribution in [-0.2, 0) is 9.53 Å². The molecule has 3 rings (SSSR count). The van der Waals surface area contributed by atoms with Gasteiger partial charge in [-0.25, -0.2) is 4.79 Å². The molecule has 6 heteroatoms. The van der Waals surface area contributed by atoms with Gasteiger partial charge < -0.3 is 15.0 Å². The summed E-state index contributed by atoms with van der Waals surface area (Å²) in [5.74, 6) is -0.429. The zero-order valence-corrected chi connectivity index (χ0v) is 15.3. The molecule has 2 N–H and O–H groups in total. The van der Waals surface area contributed by atoms with Gasteiger partial charge in [-0.3, -0.25) is 4.79 Å². The minimum Gasteiger partial charge on any atom is -0.465 e. The van der Waals surface area contributed by atoms with Crippen molar-refractivity contribution in [3.63, 3.8) is 0 Å². The molecule has 5 nitrogen and oxygen atoms in total. The van der Waals surface area contributed by atoms with Gasteiger partial charge >= 0.3 is 5.97 Å². The second kappa shape index (κ2) is 7.80. The highest BCUT2D eigenvalue weighted by Gasteiger charge is 2.32. The fraction of sp³-hybridized carbons (Fsp3) is 0.368. The molecule has 2 aromatic rings. The third-order valence-corrected chi connectivity index (χ3v) is 5.68. The first kappa shape index (κ1) is 17.6. The largest absolute Gasteiger partial charge is 0.465 e. The van der Waals surface area contributed by atoms with Crippen LogP contribution in [0.3, 0.4) is 0 Å². The lowest BCUT2D eigenvalue weighted by Gasteiger charge is -2.20. The van der Waals surface area contributed by atoms with E-state index in [0.29, 0.717) is 23.8 Å². The fourth-order valence-corrected chi connectivity index (χ4v) is 4.28. The monoisotopic (exact) mass is 359 g/mol. The number of carbonyl (C=O) groups excluding carboxylic acids is 2. The third kappa shape index (κ3) is 4.08. The summed E-state index contributed by atoms with van der Waals surface area (Å²) >= 11 is 1.76. The SMILES string of the molecule is COC(=O)c1ccc(C)c(NC(=O)C[NH+]2CCC[C@@H]2c2cccs2)c1. The van der Waals surface area contributed by atoms with Crippen molar-refractivity contribution in [2.24, 2.45) is 0 Å². The lowest BCUT2D eigenvalue weighted by Crippen LogP contribution is -3.11. The molecule has 0 saturated carbocycles. The number of anilines is 1. The Morgan fingerprint density at radius 1 is 1.36 bits per heavy atom. The number of methoxy groups -OCH3 is 1. The van der Waals surface area contributed by atoms with E-state index in [4.69, 9.17) is 4.74 Å². The predicted molar refractivity (Wildman–Crippen MR) is 98.1 cm³/mol. The molecule has 1 amide bonds.